The van der Waals surface area contributed by atoms with Gasteiger partial charge >= 0.3 is 0 Å². The lowest BCUT2D eigenvalue weighted by Crippen LogP contribution is -2.31. The van der Waals surface area contributed by atoms with Gasteiger partial charge in [-0.25, -0.2) is 0 Å². The maximum atomic E-state index is 11.8. The van der Waals surface area contributed by atoms with Gasteiger partial charge in [-0.05, 0) is 20.8 Å². The van der Waals surface area contributed by atoms with E-state index in [1.54, 1.807) is 0 Å². The number of rotatable bonds is 6. The van der Waals surface area contributed by atoms with Gasteiger partial charge in [-0.15, -0.1) is 0 Å². The summed E-state index contributed by atoms with van der Waals surface area (Å²) in [4.78, 5) is 22.0. The molecule has 0 saturated heterocycles. The SMILES string of the molecule is Cc1cc([N+](=O)[O-])cn(C[C@@H](O)COC(C)C)c1=O. The molecule has 1 aromatic rings. The summed E-state index contributed by atoms with van der Waals surface area (Å²) >= 11 is 0. The molecule has 1 rings (SSSR count). The van der Waals surface area contributed by atoms with E-state index in [1.807, 2.05) is 13.8 Å². The number of aryl methyl sites for hydroxylation is 1. The Morgan fingerprint density at radius 1 is 1.53 bits per heavy atom. The van der Waals surface area contributed by atoms with Crippen molar-refractivity contribution in [2.24, 2.45) is 0 Å². The largest absolute Gasteiger partial charge is 0.389 e. The molecule has 0 aromatic carbocycles. The second-order valence-electron chi connectivity index (χ2n) is 4.63. The Hall–Kier alpha value is -1.73. The summed E-state index contributed by atoms with van der Waals surface area (Å²) in [5.41, 5.74) is -0.255. The fourth-order valence-corrected chi connectivity index (χ4v) is 1.58. The number of nitrogens with zero attached hydrogens (tertiary/aromatic N) is 2. The van der Waals surface area contributed by atoms with E-state index in [-0.39, 0.29) is 36.1 Å². The van der Waals surface area contributed by atoms with E-state index in [2.05, 4.69) is 0 Å². The molecule has 0 unspecified atom stereocenters. The van der Waals surface area contributed by atoms with E-state index >= 15 is 0 Å². The van der Waals surface area contributed by atoms with Crippen LogP contribution in [0.4, 0.5) is 5.69 Å². The van der Waals surface area contributed by atoms with Crippen LogP contribution in [0.5, 0.6) is 0 Å². The molecule has 1 heterocycles. The van der Waals surface area contributed by atoms with Crippen LogP contribution in [0.15, 0.2) is 17.1 Å². The maximum Gasteiger partial charge on any atom is 0.286 e. The summed E-state index contributed by atoms with van der Waals surface area (Å²) in [7, 11) is 0. The van der Waals surface area contributed by atoms with Gasteiger partial charge in [-0.3, -0.25) is 14.9 Å². The number of aromatic nitrogens is 1. The minimum atomic E-state index is -0.887. The third-order valence-electron chi connectivity index (χ3n) is 2.49. The normalized spacial score (nSPS) is 12.7. The van der Waals surface area contributed by atoms with Gasteiger partial charge in [0, 0.05) is 11.6 Å². The van der Waals surface area contributed by atoms with E-state index in [4.69, 9.17) is 4.74 Å². The lowest BCUT2D eigenvalue weighted by atomic mass is 10.2. The Balaban J connectivity index is 2.88. The lowest BCUT2D eigenvalue weighted by molar-refractivity contribution is -0.385. The molecule has 7 nitrogen and oxygen atoms in total. The molecule has 1 atom stereocenters. The van der Waals surface area contributed by atoms with E-state index in [1.165, 1.54) is 13.0 Å². The second-order valence-corrected chi connectivity index (χ2v) is 4.63. The van der Waals surface area contributed by atoms with Crippen LogP contribution in [0.3, 0.4) is 0 Å². The molecular formula is C12H18N2O5. The van der Waals surface area contributed by atoms with Crippen LogP contribution < -0.4 is 5.56 Å². The maximum absolute atomic E-state index is 11.8. The van der Waals surface area contributed by atoms with Crippen molar-refractivity contribution in [1.82, 2.24) is 4.57 Å². The molecule has 0 saturated carbocycles. The molecule has 0 fully saturated rings. The smallest absolute Gasteiger partial charge is 0.286 e. The van der Waals surface area contributed by atoms with Crippen LogP contribution in [-0.4, -0.2) is 33.4 Å². The molecule has 0 radical (unpaired) electrons. The molecule has 0 bridgehead atoms. The van der Waals surface area contributed by atoms with E-state index < -0.39 is 11.0 Å². The fraction of sp³-hybridized carbons (Fsp3) is 0.583. The van der Waals surface area contributed by atoms with Gasteiger partial charge in [0.15, 0.2) is 0 Å². The zero-order valence-corrected chi connectivity index (χ0v) is 11.2. The number of aliphatic hydroxyl groups is 1. The molecule has 0 aliphatic heterocycles. The zero-order chi connectivity index (χ0) is 14.6. The summed E-state index contributed by atoms with van der Waals surface area (Å²) in [5, 5.41) is 20.5. The average Bonchev–Trinajstić information content (AvgIpc) is 2.31. The van der Waals surface area contributed by atoms with Gasteiger partial charge in [-0.1, -0.05) is 0 Å². The first-order valence-electron chi connectivity index (χ1n) is 5.96. The number of aliphatic hydroxyl groups excluding tert-OH is 1. The van der Waals surface area contributed by atoms with Crippen molar-refractivity contribution in [3.63, 3.8) is 0 Å². The number of hydrogen-bond donors (Lipinski definition) is 1. The van der Waals surface area contributed by atoms with Gasteiger partial charge in [0.05, 0.1) is 36.5 Å². The third kappa shape index (κ3) is 4.46. The summed E-state index contributed by atoms with van der Waals surface area (Å²) in [6.07, 6.45) is 0.216. The van der Waals surface area contributed by atoms with Gasteiger partial charge < -0.3 is 14.4 Å². The second kappa shape index (κ2) is 6.44. The summed E-state index contributed by atoms with van der Waals surface area (Å²) < 4.78 is 6.37. The minimum absolute atomic E-state index is 0.0294. The van der Waals surface area contributed by atoms with Gasteiger partial charge in [-0.2, -0.15) is 0 Å². The van der Waals surface area contributed by atoms with Crippen molar-refractivity contribution in [2.45, 2.75) is 39.5 Å². The van der Waals surface area contributed by atoms with E-state index in [0.717, 1.165) is 10.8 Å². The molecule has 7 heteroatoms. The first-order chi connectivity index (χ1) is 8.81. The van der Waals surface area contributed by atoms with E-state index in [0.29, 0.717) is 0 Å². The van der Waals surface area contributed by atoms with Crippen molar-refractivity contribution < 1.29 is 14.8 Å². The number of nitro groups is 1. The molecule has 106 valence electrons. The van der Waals surface area contributed by atoms with Crippen molar-refractivity contribution >= 4 is 5.69 Å². The molecule has 1 aromatic heterocycles. The highest BCUT2D eigenvalue weighted by atomic mass is 16.6. The Kier molecular flexibility index (Phi) is 5.20. The fourth-order valence-electron chi connectivity index (χ4n) is 1.58. The van der Waals surface area contributed by atoms with Crippen LogP contribution in [0, 0.1) is 17.0 Å². The Morgan fingerprint density at radius 3 is 2.68 bits per heavy atom. The summed E-state index contributed by atoms with van der Waals surface area (Å²) in [6, 6.07) is 1.22. The highest BCUT2D eigenvalue weighted by molar-refractivity contribution is 5.30. The van der Waals surface area contributed by atoms with Crippen LogP contribution >= 0.6 is 0 Å². The summed E-state index contributed by atoms with van der Waals surface area (Å²) in [6.45, 7) is 5.20. The predicted octanol–water partition coefficient (Wildman–Crippen LogP) is 0.851. The highest BCUT2D eigenvalue weighted by Gasteiger charge is 2.14. The van der Waals surface area contributed by atoms with Gasteiger partial charge in [0.25, 0.3) is 11.2 Å². The van der Waals surface area contributed by atoms with E-state index in [9.17, 15) is 20.0 Å². The lowest BCUT2D eigenvalue weighted by Gasteiger charge is -2.15. The Morgan fingerprint density at radius 2 is 2.16 bits per heavy atom. The number of hydrogen-bond acceptors (Lipinski definition) is 5. The molecule has 0 aliphatic rings. The van der Waals surface area contributed by atoms with Crippen molar-refractivity contribution in [3.05, 3.63) is 38.3 Å². The monoisotopic (exact) mass is 270 g/mol. The standard InChI is InChI=1S/C12H18N2O5/c1-8(2)19-7-11(15)6-13-5-10(14(17)18)4-9(3)12(13)16/h4-5,8,11,15H,6-7H2,1-3H3/t11-/m1/s1. The van der Waals surface area contributed by atoms with Crippen molar-refractivity contribution in [3.8, 4) is 0 Å². The number of pyridine rings is 1. The van der Waals surface area contributed by atoms with Crippen LogP contribution in [0.25, 0.3) is 0 Å². The quantitative estimate of drug-likeness (QED) is 0.611. The first kappa shape index (κ1) is 15.3. The molecular weight excluding hydrogens is 252 g/mol. The third-order valence-corrected chi connectivity index (χ3v) is 2.49. The first-order valence-corrected chi connectivity index (χ1v) is 5.96. The topological polar surface area (TPSA) is 94.6 Å². The number of ether oxygens (including phenoxy) is 1. The molecule has 0 amide bonds. The van der Waals surface area contributed by atoms with Crippen LogP contribution in [0.2, 0.25) is 0 Å². The van der Waals surface area contributed by atoms with Crippen molar-refractivity contribution in [2.75, 3.05) is 6.61 Å². The minimum Gasteiger partial charge on any atom is -0.389 e. The van der Waals surface area contributed by atoms with Crippen LogP contribution in [0.1, 0.15) is 19.4 Å². The molecule has 1 N–H and O–H groups in total. The van der Waals surface area contributed by atoms with Crippen molar-refractivity contribution in [1.29, 1.82) is 0 Å². The zero-order valence-electron chi connectivity index (χ0n) is 11.2. The Labute approximate surface area is 110 Å². The van der Waals surface area contributed by atoms with Crippen LogP contribution in [-0.2, 0) is 11.3 Å². The Bertz CT molecular complexity index is 509. The van der Waals surface area contributed by atoms with Gasteiger partial charge in [0.1, 0.15) is 0 Å². The summed E-state index contributed by atoms with van der Waals surface area (Å²) in [5.74, 6) is 0. The average molecular weight is 270 g/mol. The van der Waals surface area contributed by atoms with Gasteiger partial charge in [0.2, 0.25) is 0 Å². The highest BCUT2D eigenvalue weighted by Crippen LogP contribution is 2.10. The molecule has 0 spiro atoms. The molecule has 0 aliphatic carbocycles. The predicted molar refractivity (Wildman–Crippen MR) is 69.2 cm³/mol. The molecule has 19 heavy (non-hydrogen) atoms.